The van der Waals surface area contributed by atoms with E-state index in [1.165, 1.54) is 0 Å². The van der Waals surface area contributed by atoms with Gasteiger partial charge in [0, 0.05) is 6.42 Å². The van der Waals surface area contributed by atoms with Crippen LogP contribution in [0.3, 0.4) is 0 Å². The maximum Gasteiger partial charge on any atom is 0.157 e. The van der Waals surface area contributed by atoms with E-state index < -0.39 is 24.6 Å². The average Bonchev–Trinajstić information content (AvgIpc) is 2.41. The third-order valence-corrected chi connectivity index (χ3v) is 2.37. The number of unbranched alkanes of at least 4 members (excludes halogenated alkanes) is 1. The van der Waals surface area contributed by atoms with Crippen LogP contribution in [0.15, 0.2) is 0 Å². The lowest BCUT2D eigenvalue weighted by molar-refractivity contribution is -0.130. The standard InChI is InChI=1S/C9H18O4/c1-2-3-4-6(10)9-7(11)5-8(12)13-9/h6-12H,2-5H2,1H3/t6?,7-,8+,9+/m0/s1. The highest BCUT2D eigenvalue weighted by atomic mass is 16.6. The van der Waals surface area contributed by atoms with Gasteiger partial charge in [0.25, 0.3) is 0 Å². The smallest absolute Gasteiger partial charge is 0.157 e. The van der Waals surface area contributed by atoms with E-state index in [0.717, 1.165) is 12.8 Å². The first-order valence-corrected chi connectivity index (χ1v) is 4.84. The molecule has 0 amide bonds. The van der Waals surface area contributed by atoms with Crippen LogP contribution in [0.4, 0.5) is 0 Å². The van der Waals surface area contributed by atoms with E-state index in [0.29, 0.717) is 6.42 Å². The summed E-state index contributed by atoms with van der Waals surface area (Å²) in [4.78, 5) is 0. The average molecular weight is 190 g/mol. The van der Waals surface area contributed by atoms with Crippen molar-refractivity contribution in [2.45, 2.75) is 57.2 Å². The van der Waals surface area contributed by atoms with E-state index in [4.69, 9.17) is 9.84 Å². The van der Waals surface area contributed by atoms with E-state index in [-0.39, 0.29) is 6.42 Å². The fraction of sp³-hybridized carbons (Fsp3) is 1.00. The largest absolute Gasteiger partial charge is 0.390 e. The van der Waals surface area contributed by atoms with Crippen molar-refractivity contribution in [3.05, 3.63) is 0 Å². The van der Waals surface area contributed by atoms with Crippen LogP contribution < -0.4 is 0 Å². The SMILES string of the molecule is CCCCC(O)[C@H]1O[C@@H](O)C[C@@H]1O. The Morgan fingerprint density at radius 3 is 2.62 bits per heavy atom. The summed E-state index contributed by atoms with van der Waals surface area (Å²) in [7, 11) is 0. The minimum absolute atomic E-state index is 0.202. The maximum absolute atomic E-state index is 9.57. The van der Waals surface area contributed by atoms with Gasteiger partial charge in [0.15, 0.2) is 6.29 Å². The number of hydrogen-bond acceptors (Lipinski definition) is 4. The molecule has 1 fully saturated rings. The molecule has 3 N–H and O–H groups in total. The predicted molar refractivity (Wildman–Crippen MR) is 47.0 cm³/mol. The van der Waals surface area contributed by atoms with Gasteiger partial charge in [0.1, 0.15) is 6.10 Å². The summed E-state index contributed by atoms with van der Waals surface area (Å²) in [6.45, 7) is 2.04. The topological polar surface area (TPSA) is 69.9 Å². The molecule has 78 valence electrons. The number of aliphatic hydroxyl groups excluding tert-OH is 3. The molecule has 0 bridgehead atoms. The summed E-state index contributed by atoms with van der Waals surface area (Å²) in [5, 5.41) is 28.0. The Balaban J connectivity index is 2.33. The van der Waals surface area contributed by atoms with E-state index >= 15 is 0 Å². The van der Waals surface area contributed by atoms with Crippen molar-refractivity contribution in [2.24, 2.45) is 0 Å². The first-order valence-electron chi connectivity index (χ1n) is 4.84. The molecule has 0 aromatic carbocycles. The lowest BCUT2D eigenvalue weighted by atomic mass is 10.0. The second-order valence-corrected chi connectivity index (χ2v) is 3.57. The van der Waals surface area contributed by atoms with Crippen LogP contribution in [0.2, 0.25) is 0 Å². The number of aliphatic hydroxyl groups is 3. The molecule has 0 aromatic heterocycles. The van der Waals surface area contributed by atoms with E-state index in [2.05, 4.69) is 0 Å². The third kappa shape index (κ3) is 2.91. The normalized spacial score (nSPS) is 36.5. The summed E-state index contributed by atoms with van der Waals surface area (Å²) in [6, 6.07) is 0. The Morgan fingerprint density at radius 2 is 2.15 bits per heavy atom. The van der Waals surface area contributed by atoms with E-state index in [9.17, 15) is 10.2 Å². The first-order chi connectivity index (χ1) is 6.15. The van der Waals surface area contributed by atoms with Crippen molar-refractivity contribution in [3.63, 3.8) is 0 Å². The zero-order valence-electron chi connectivity index (χ0n) is 7.89. The highest BCUT2D eigenvalue weighted by Crippen LogP contribution is 2.23. The summed E-state index contributed by atoms with van der Waals surface area (Å²) >= 11 is 0. The molecular formula is C9H18O4. The van der Waals surface area contributed by atoms with Gasteiger partial charge in [0.05, 0.1) is 12.2 Å². The van der Waals surface area contributed by atoms with Gasteiger partial charge in [-0.05, 0) is 6.42 Å². The molecule has 1 aliphatic heterocycles. The molecule has 1 aliphatic rings. The van der Waals surface area contributed by atoms with Gasteiger partial charge in [0.2, 0.25) is 0 Å². The van der Waals surface area contributed by atoms with Crippen LogP contribution in [-0.4, -0.2) is 39.9 Å². The van der Waals surface area contributed by atoms with Crippen LogP contribution in [-0.2, 0) is 4.74 Å². The quantitative estimate of drug-likeness (QED) is 0.584. The Labute approximate surface area is 78.1 Å². The van der Waals surface area contributed by atoms with Crippen LogP contribution in [0.1, 0.15) is 32.6 Å². The van der Waals surface area contributed by atoms with Crippen LogP contribution in [0.25, 0.3) is 0 Å². The molecular weight excluding hydrogens is 172 g/mol. The zero-order valence-corrected chi connectivity index (χ0v) is 7.89. The van der Waals surface area contributed by atoms with Crippen molar-refractivity contribution in [2.75, 3.05) is 0 Å². The predicted octanol–water partition coefficient (Wildman–Crippen LogP) is 0.00570. The maximum atomic E-state index is 9.57. The van der Waals surface area contributed by atoms with Crippen molar-refractivity contribution in [3.8, 4) is 0 Å². The molecule has 0 spiro atoms. The van der Waals surface area contributed by atoms with E-state index in [1.54, 1.807) is 0 Å². The fourth-order valence-corrected chi connectivity index (χ4v) is 1.59. The molecule has 0 aromatic rings. The monoisotopic (exact) mass is 190 g/mol. The molecule has 0 aliphatic carbocycles. The second kappa shape index (κ2) is 4.91. The van der Waals surface area contributed by atoms with Gasteiger partial charge in [-0.3, -0.25) is 0 Å². The highest BCUT2D eigenvalue weighted by Gasteiger charge is 2.37. The van der Waals surface area contributed by atoms with Gasteiger partial charge < -0.3 is 20.1 Å². The molecule has 1 saturated heterocycles. The van der Waals surface area contributed by atoms with Crippen molar-refractivity contribution < 1.29 is 20.1 Å². The fourth-order valence-electron chi connectivity index (χ4n) is 1.59. The molecule has 0 saturated carbocycles. The van der Waals surface area contributed by atoms with Crippen molar-refractivity contribution >= 4 is 0 Å². The van der Waals surface area contributed by atoms with Crippen LogP contribution in [0, 0.1) is 0 Å². The number of ether oxygens (including phenoxy) is 1. The molecule has 1 heterocycles. The molecule has 0 radical (unpaired) electrons. The molecule has 4 nitrogen and oxygen atoms in total. The zero-order chi connectivity index (χ0) is 9.84. The molecule has 1 rings (SSSR count). The van der Waals surface area contributed by atoms with Gasteiger partial charge in [-0.2, -0.15) is 0 Å². The lowest BCUT2D eigenvalue weighted by Gasteiger charge is -2.20. The van der Waals surface area contributed by atoms with Gasteiger partial charge in [-0.15, -0.1) is 0 Å². The van der Waals surface area contributed by atoms with Crippen molar-refractivity contribution in [1.29, 1.82) is 0 Å². The molecule has 4 atom stereocenters. The van der Waals surface area contributed by atoms with Crippen LogP contribution in [0.5, 0.6) is 0 Å². The molecule has 13 heavy (non-hydrogen) atoms. The van der Waals surface area contributed by atoms with E-state index in [1.807, 2.05) is 6.92 Å². The second-order valence-electron chi connectivity index (χ2n) is 3.57. The minimum Gasteiger partial charge on any atom is -0.390 e. The summed E-state index contributed by atoms with van der Waals surface area (Å²) in [5.41, 5.74) is 0. The van der Waals surface area contributed by atoms with Crippen LogP contribution >= 0.6 is 0 Å². The van der Waals surface area contributed by atoms with Gasteiger partial charge in [-0.1, -0.05) is 19.8 Å². The van der Waals surface area contributed by atoms with Crippen molar-refractivity contribution in [1.82, 2.24) is 0 Å². The Hall–Kier alpha value is -0.160. The Kier molecular flexibility index (Phi) is 4.12. The summed E-state index contributed by atoms with van der Waals surface area (Å²) < 4.78 is 4.99. The summed E-state index contributed by atoms with van der Waals surface area (Å²) in [5.74, 6) is 0. The van der Waals surface area contributed by atoms with Gasteiger partial charge in [-0.25, -0.2) is 0 Å². The third-order valence-electron chi connectivity index (χ3n) is 2.37. The first kappa shape index (κ1) is 10.9. The summed E-state index contributed by atoms with van der Waals surface area (Å²) in [6.07, 6.45) is -0.197. The molecule has 1 unspecified atom stereocenters. The number of hydrogen-bond donors (Lipinski definition) is 3. The number of rotatable bonds is 4. The molecule has 4 heteroatoms. The Bertz CT molecular complexity index is 151. The van der Waals surface area contributed by atoms with Gasteiger partial charge >= 0.3 is 0 Å². The highest BCUT2D eigenvalue weighted by molar-refractivity contribution is 4.83. The minimum atomic E-state index is -0.920. The lowest BCUT2D eigenvalue weighted by Crippen LogP contribution is -2.34. The Morgan fingerprint density at radius 1 is 1.46 bits per heavy atom.